The van der Waals surface area contributed by atoms with Crippen molar-refractivity contribution >= 4 is 23.9 Å². The topological polar surface area (TPSA) is 167 Å². The maximum atomic E-state index is 12.8. The number of fused-ring (bicyclic) bond motifs is 6. The Labute approximate surface area is 316 Å². The Kier molecular flexibility index (Phi) is 13.4. The monoisotopic (exact) mass is 758 g/mol. The zero-order chi connectivity index (χ0) is 38.3. The van der Waals surface area contributed by atoms with Crippen molar-refractivity contribution < 1.29 is 66.5 Å². The molecule has 4 aliphatic heterocycles. The molecular weight excluding hydrogens is 704 g/mol. The summed E-state index contributed by atoms with van der Waals surface area (Å²) < 4.78 is 56.0. The van der Waals surface area contributed by atoms with Crippen LogP contribution in [0.5, 0.6) is 0 Å². The molecule has 0 saturated carbocycles. The number of allylic oxidation sites excluding steroid dienone is 2. The van der Waals surface area contributed by atoms with Crippen molar-refractivity contribution in [3.8, 4) is 0 Å². The third-order valence-electron chi connectivity index (χ3n) is 11.3. The SMILES string of the molecule is C=C1C(=O)O[C@H]2[C@H]1CCC(C(=O)OCCOCCOCCOCCOCCOC(=O)/C1=C/CC[C@@]3(C)O[C@H]3[C@H]3OC(=O)C(=C)[C@@H]3CC1)=CCC[C@@]1(C)O[C@@H]21. The smallest absolute Gasteiger partial charge is 0.334 e. The van der Waals surface area contributed by atoms with Crippen LogP contribution in [0.4, 0.5) is 0 Å². The van der Waals surface area contributed by atoms with Crippen molar-refractivity contribution in [3.63, 3.8) is 0 Å². The summed E-state index contributed by atoms with van der Waals surface area (Å²) >= 11 is 0. The number of carbonyl (C=O) groups is 4. The second-order valence-corrected chi connectivity index (χ2v) is 15.0. The zero-order valence-electron chi connectivity index (χ0n) is 31.5. The van der Waals surface area contributed by atoms with E-state index in [1.807, 2.05) is 26.0 Å². The Morgan fingerprint density at radius 2 is 0.981 bits per heavy atom. The number of hydrogen-bond acceptors (Lipinski definition) is 14. The highest BCUT2D eigenvalue weighted by Crippen LogP contribution is 2.51. The maximum Gasteiger partial charge on any atom is 0.334 e. The summed E-state index contributed by atoms with van der Waals surface area (Å²) in [6.07, 6.45) is 7.70. The number of epoxide rings is 2. The average Bonchev–Trinajstić information content (AvgIpc) is 3.96. The van der Waals surface area contributed by atoms with E-state index >= 15 is 0 Å². The molecule has 0 radical (unpaired) electrons. The summed E-state index contributed by atoms with van der Waals surface area (Å²) in [5.74, 6) is -1.90. The van der Waals surface area contributed by atoms with Crippen LogP contribution in [0.1, 0.15) is 65.2 Å². The Morgan fingerprint density at radius 3 is 1.35 bits per heavy atom. The lowest BCUT2D eigenvalue weighted by Crippen LogP contribution is -2.29. The largest absolute Gasteiger partial charge is 0.460 e. The third kappa shape index (κ3) is 9.87. The van der Waals surface area contributed by atoms with Crippen LogP contribution in [0.25, 0.3) is 0 Å². The lowest BCUT2D eigenvalue weighted by atomic mass is 9.84. The molecule has 8 atom stereocenters. The second-order valence-electron chi connectivity index (χ2n) is 15.0. The van der Waals surface area contributed by atoms with Gasteiger partial charge in [-0.2, -0.15) is 0 Å². The molecule has 6 rings (SSSR count). The molecule has 6 aliphatic rings. The first-order chi connectivity index (χ1) is 26.0. The van der Waals surface area contributed by atoms with Gasteiger partial charge in [0, 0.05) is 34.1 Å². The molecule has 0 aromatic carbocycles. The van der Waals surface area contributed by atoms with Crippen LogP contribution in [0.2, 0.25) is 0 Å². The summed E-state index contributed by atoms with van der Waals surface area (Å²) in [5, 5.41) is 0. The van der Waals surface area contributed by atoms with Crippen LogP contribution in [-0.2, 0) is 66.5 Å². The molecule has 14 nitrogen and oxygen atoms in total. The van der Waals surface area contributed by atoms with Crippen LogP contribution in [0.3, 0.4) is 0 Å². The highest BCUT2D eigenvalue weighted by molar-refractivity contribution is 5.92. The van der Waals surface area contributed by atoms with Gasteiger partial charge in [0.2, 0.25) is 0 Å². The van der Waals surface area contributed by atoms with Crippen molar-refractivity contribution in [2.75, 3.05) is 66.1 Å². The third-order valence-corrected chi connectivity index (χ3v) is 11.3. The van der Waals surface area contributed by atoms with E-state index in [0.717, 1.165) is 12.8 Å². The molecule has 0 N–H and O–H groups in total. The van der Waals surface area contributed by atoms with Gasteiger partial charge in [-0.15, -0.1) is 0 Å². The van der Waals surface area contributed by atoms with Gasteiger partial charge in [-0.25, -0.2) is 19.2 Å². The van der Waals surface area contributed by atoms with Gasteiger partial charge < -0.3 is 47.4 Å². The van der Waals surface area contributed by atoms with Gasteiger partial charge in [0.25, 0.3) is 0 Å². The number of hydrogen-bond donors (Lipinski definition) is 0. The van der Waals surface area contributed by atoms with E-state index in [1.54, 1.807) is 0 Å². The van der Waals surface area contributed by atoms with Gasteiger partial charge in [0.15, 0.2) is 0 Å². The summed E-state index contributed by atoms with van der Waals surface area (Å²) in [4.78, 5) is 49.9. The highest BCUT2D eigenvalue weighted by atomic mass is 16.7. The molecule has 0 spiro atoms. The Balaban J connectivity index is 0.748. The highest BCUT2D eigenvalue weighted by Gasteiger charge is 2.62. The van der Waals surface area contributed by atoms with Crippen molar-refractivity contribution in [2.24, 2.45) is 11.8 Å². The fourth-order valence-corrected chi connectivity index (χ4v) is 7.82. The first-order valence-electron chi connectivity index (χ1n) is 19.2. The summed E-state index contributed by atoms with van der Waals surface area (Å²) in [6.45, 7) is 14.8. The molecule has 0 bridgehead atoms. The number of rotatable bonds is 17. The van der Waals surface area contributed by atoms with Crippen LogP contribution in [0.15, 0.2) is 47.6 Å². The van der Waals surface area contributed by atoms with Crippen molar-refractivity contribution in [1.82, 2.24) is 0 Å². The van der Waals surface area contributed by atoms with Gasteiger partial charge in [-0.3, -0.25) is 0 Å². The molecule has 0 unspecified atom stereocenters. The van der Waals surface area contributed by atoms with Crippen LogP contribution in [-0.4, -0.2) is 126 Å². The molecule has 0 amide bonds. The molecule has 2 aliphatic carbocycles. The first-order valence-corrected chi connectivity index (χ1v) is 19.2. The lowest BCUT2D eigenvalue weighted by molar-refractivity contribution is -0.142. The Bertz CT molecular complexity index is 1390. The standard InChI is InChI=1S/C40H54O14/c1-25-29-11-9-27(7-5-13-39(3)33(53-39)31(29)51-35(25)41)37(43)49-23-21-47-19-17-45-15-16-46-18-20-48-22-24-50-38(44)28-8-6-14-40(4)34(54-40)32-30(12-10-28)26(2)36(42)52-32/h7-8,29-34H,1-2,5-6,9-24H2,3-4H3/b27-7+,28-8?/t29-,30-,31-,32-,33-,34-,39+,40+/m0/s1. The summed E-state index contributed by atoms with van der Waals surface area (Å²) in [7, 11) is 0. The molecule has 4 heterocycles. The molecule has 0 aromatic heterocycles. The first kappa shape index (κ1) is 40.3. The van der Waals surface area contributed by atoms with Crippen molar-refractivity contribution in [3.05, 3.63) is 47.6 Å². The van der Waals surface area contributed by atoms with E-state index in [0.29, 0.717) is 100 Å². The van der Waals surface area contributed by atoms with E-state index in [9.17, 15) is 19.2 Å². The van der Waals surface area contributed by atoms with E-state index < -0.39 is 0 Å². The number of ether oxygens (including phenoxy) is 10. The normalized spacial score (nSPS) is 34.1. The Morgan fingerprint density at radius 1 is 0.630 bits per heavy atom. The minimum Gasteiger partial charge on any atom is -0.460 e. The van der Waals surface area contributed by atoms with Gasteiger partial charge in [0.05, 0.1) is 64.1 Å². The van der Waals surface area contributed by atoms with E-state index in [2.05, 4.69) is 13.2 Å². The summed E-state index contributed by atoms with van der Waals surface area (Å²) in [5.41, 5.74) is 1.31. The van der Waals surface area contributed by atoms with Gasteiger partial charge in [-0.1, -0.05) is 25.3 Å². The van der Waals surface area contributed by atoms with Crippen LogP contribution >= 0.6 is 0 Å². The minimum atomic E-state index is -0.386. The number of esters is 4. The van der Waals surface area contributed by atoms with E-state index in [1.165, 1.54) is 0 Å². The van der Waals surface area contributed by atoms with Gasteiger partial charge >= 0.3 is 23.9 Å². The zero-order valence-corrected chi connectivity index (χ0v) is 31.5. The predicted molar refractivity (Wildman–Crippen MR) is 190 cm³/mol. The van der Waals surface area contributed by atoms with Crippen molar-refractivity contribution in [2.45, 2.75) is 101 Å². The van der Waals surface area contributed by atoms with Gasteiger partial charge in [0.1, 0.15) is 37.6 Å². The number of carbonyl (C=O) groups excluding carboxylic acids is 4. The minimum absolute atomic E-state index is 0.117. The lowest BCUT2D eigenvalue weighted by Gasteiger charge is -2.19. The molecule has 4 saturated heterocycles. The Hall–Kier alpha value is -3.40. The fourth-order valence-electron chi connectivity index (χ4n) is 7.82. The molecule has 4 fully saturated rings. The van der Waals surface area contributed by atoms with Crippen molar-refractivity contribution in [1.29, 1.82) is 0 Å². The van der Waals surface area contributed by atoms with Crippen LogP contribution in [0, 0.1) is 11.8 Å². The quantitative estimate of drug-likeness (QED) is 0.0693. The molecule has 0 aromatic rings. The van der Waals surface area contributed by atoms with E-state index in [-0.39, 0.29) is 97.8 Å². The fraction of sp³-hybridized carbons (Fsp3) is 0.700. The second kappa shape index (κ2) is 18.0. The van der Waals surface area contributed by atoms with E-state index in [4.69, 9.17) is 47.4 Å². The average molecular weight is 759 g/mol. The molecule has 14 heteroatoms. The summed E-state index contributed by atoms with van der Waals surface area (Å²) in [6, 6.07) is 0. The predicted octanol–water partition coefficient (Wildman–Crippen LogP) is 3.65. The molecule has 298 valence electrons. The maximum absolute atomic E-state index is 12.8. The van der Waals surface area contributed by atoms with Crippen LogP contribution < -0.4 is 0 Å². The van der Waals surface area contributed by atoms with Gasteiger partial charge in [-0.05, 0) is 65.2 Å². The molecular formula is C40H54O14. The molecule has 54 heavy (non-hydrogen) atoms.